The summed E-state index contributed by atoms with van der Waals surface area (Å²) in [4.78, 5) is 20.0. The molecule has 1 aliphatic heterocycles. The van der Waals surface area contributed by atoms with Crippen molar-refractivity contribution in [2.45, 2.75) is 29.1 Å². The summed E-state index contributed by atoms with van der Waals surface area (Å²) in [5, 5.41) is 0. The fourth-order valence-corrected chi connectivity index (χ4v) is 11.7. The van der Waals surface area contributed by atoms with Gasteiger partial charge >= 0.3 is 0 Å². The topological polar surface area (TPSA) is 85.7 Å². The first-order chi connectivity index (χ1) is 32.2. The summed E-state index contributed by atoms with van der Waals surface area (Å²) in [5.41, 5.74) is 16.3. The molecule has 7 aromatic carbocycles. The van der Waals surface area contributed by atoms with Crippen LogP contribution in [0.3, 0.4) is 0 Å². The summed E-state index contributed by atoms with van der Waals surface area (Å²) in [5.74, 6) is 0.520. The molecular formula is C59H40N4O2S. The minimum atomic E-state index is -4.17. The van der Waals surface area contributed by atoms with Crippen molar-refractivity contribution in [1.29, 1.82) is 0 Å². The number of benzene rings is 7. The Morgan fingerprint density at radius 3 is 1.65 bits per heavy atom. The lowest BCUT2D eigenvalue weighted by Crippen LogP contribution is -2.16. The predicted octanol–water partition coefficient (Wildman–Crippen LogP) is 14.1. The molecule has 0 atom stereocenters. The quantitative estimate of drug-likeness (QED) is 0.175. The second-order valence-electron chi connectivity index (χ2n) is 17.4. The third-order valence-electron chi connectivity index (χ3n) is 13.3. The van der Waals surface area contributed by atoms with Crippen LogP contribution in [0.5, 0.6) is 0 Å². The zero-order chi connectivity index (χ0) is 44.6. The van der Waals surface area contributed by atoms with Gasteiger partial charge in [0.05, 0.1) is 26.9 Å². The zero-order valence-electron chi connectivity index (χ0n) is 36.1. The maximum atomic E-state index is 15.9. The van der Waals surface area contributed by atoms with E-state index in [0.717, 1.165) is 83.7 Å². The largest absolute Gasteiger partial charge is 0.264 e. The van der Waals surface area contributed by atoms with Crippen molar-refractivity contribution >= 4 is 9.84 Å². The second kappa shape index (κ2) is 15.3. The number of hydrogen-bond donors (Lipinski definition) is 0. The summed E-state index contributed by atoms with van der Waals surface area (Å²) in [6.07, 6.45) is 5.35. The van der Waals surface area contributed by atoms with Crippen LogP contribution in [0.1, 0.15) is 25.0 Å². The van der Waals surface area contributed by atoms with Gasteiger partial charge in [0.25, 0.3) is 0 Å². The molecule has 6 nitrogen and oxygen atoms in total. The van der Waals surface area contributed by atoms with Gasteiger partial charge in [-0.25, -0.2) is 18.4 Å². The highest BCUT2D eigenvalue weighted by atomic mass is 32.2. The van der Waals surface area contributed by atoms with Crippen molar-refractivity contribution in [3.63, 3.8) is 0 Å². The van der Waals surface area contributed by atoms with Gasteiger partial charge in [0.15, 0.2) is 5.82 Å². The Bertz CT molecular complexity index is 3680. The Kier molecular flexibility index (Phi) is 9.12. The van der Waals surface area contributed by atoms with Crippen LogP contribution in [0, 0.1) is 0 Å². The summed E-state index contributed by atoms with van der Waals surface area (Å²) >= 11 is 0. The molecule has 0 saturated heterocycles. The van der Waals surface area contributed by atoms with Crippen molar-refractivity contribution in [2.75, 3.05) is 0 Å². The van der Waals surface area contributed by atoms with Gasteiger partial charge in [-0.1, -0.05) is 147 Å². The molecule has 314 valence electrons. The van der Waals surface area contributed by atoms with Crippen LogP contribution < -0.4 is 0 Å². The van der Waals surface area contributed by atoms with Gasteiger partial charge in [0.2, 0.25) is 9.84 Å². The molecule has 7 heteroatoms. The molecule has 10 aromatic rings. The molecular weight excluding hydrogens is 829 g/mol. The van der Waals surface area contributed by atoms with Gasteiger partial charge in [-0.15, -0.1) is 0 Å². The molecule has 0 saturated carbocycles. The minimum absolute atomic E-state index is 0.262. The third-order valence-corrected chi connectivity index (χ3v) is 15.1. The molecule has 0 bridgehead atoms. The van der Waals surface area contributed by atoms with Crippen LogP contribution >= 0.6 is 0 Å². The lowest BCUT2D eigenvalue weighted by Gasteiger charge is -2.24. The summed E-state index contributed by atoms with van der Waals surface area (Å²) in [6.45, 7) is 4.38. The van der Waals surface area contributed by atoms with E-state index in [2.05, 4.69) is 97.7 Å². The number of sulfone groups is 1. The van der Waals surface area contributed by atoms with Crippen LogP contribution in [-0.2, 0) is 15.3 Å². The maximum absolute atomic E-state index is 15.9. The summed E-state index contributed by atoms with van der Waals surface area (Å²) < 4.78 is 31.7. The van der Waals surface area contributed by atoms with Crippen LogP contribution in [0.2, 0.25) is 0 Å². The van der Waals surface area contributed by atoms with Gasteiger partial charge in [0.1, 0.15) is 0 Å². The molecule has 12 rings (SSSR count). The summed E-state index contributed by atoms with van der Waals surface area (Å²) in [7, 11) is -4.17. The van der Waals surface area contributed by atoms with E-state index in [4.69, 9.17) is 15.0 Å². The van der Waals surface area contributed by atoms with Crippen LogP contribution in [0.4, 0.5) is 0 Å². The lowest BCUT2D eigenvalue weighted by atomic mass is 9.81. The first kappa shape index (κ1) is 39.5. The van der Waals surface area contributed by atoms with E-state index in [1.165, 1.54) is 5.56 Å². The monoisotopic (exact) mass is 868 g/mol. The summed E-state index contributed by atoms with van der Waals surface area (Å²) in [6, 6.07) is 62.8. The lowest BCUT2D eigenvalue weighted by molar-refractivity contribution is 0.596. The minimum Gasteiger partial charge on any atom is -0.264 e. The molecule has 0 radical (unpaired) electrons. The Labute approximate surface area is 384 Å². The highest BCUT2D eigenvalue weighted by Crippen LogP contribution is 2.54. The Hall–Kier alpha value is -8.13. The molecule has 0 fully saturated rings. The van der Waals surface area contributed by atoms with E-state index in [1.807, 2.05) is 103 Å². The molecule has 4 heterocycles. The number of fused-ring (bicyclic) bond motifs is 12. The zero-order valence-corrected chi connectivity index (χ0v) is 37.0. The maximum Gasteiger partial charge on any atom is 0.207 e. The number of pyridine rings is 2. The highest BCUT2D eigenvalue weighted by Gasteiger charge is 2.39. The van der Waals surface area contributed by atoms with Gasteiger partial charge in [0, 0.05) is 57.4 Å². The molecule has 66 heavy (non-hydrogen) atoms. The average molecular weight is 869 g/mol. The van der Waals surface area contributed by atoms with E-state index >= 15 is 8.42 Å². The highest BCUT2D eigenvalue weighted by molar-refractivity contribution is 7.91. The number of hydrogen-bond acceptors (Lipinski definition) is 6. The van der Waals surface area contributed by atoms with Crippen LogP contribution in [0.15, 0.2) is 216 Å². The van der Waals surface area contributed by atoms with Gasteiger partial charge in [-0.05, 0) is 110 Å². The molecule has 2 aliphatic rings. The second-order valence-corrected chi connectivity index (χ2v) is 19.3. The first-order valence-electron chi connectivity index (χ1n) is 22.0. The molecule has 0 amide bonds. The van der Waals surface area contributed by atoms with E-state index in [0.29, 0.717) is 22.6 Å². The van der Waals surface area contributed by atoms with Gasteiger partial charge < -0.3 is 0 Å². The fourth-order valence-electron chi connectivity index (χ4n) is 9.96. The Morgan fingerprint density at radius 2 is 0.970 bits per heavy atom. The smallest absolute Gasteiger partial charge is 0.207 e. The molecule has 0 unspecified atom stereocenters. The molecule has 3 aromatic heterocycles. The molecule has 0 spiro atoms. The van der Waals surface area contributed by atoms with Crippen LogP contribution in [-0.4, -0.2) is 28.4 Å². The number of aromatic nitrogens is 4. The van der Waals surface area contributed by atoms with Crippen molar-refractivity contribution < 1.29 is 8.42 Å². The molecule has 0 N–H and O–H groups in total. The van der Waals surface area contributed by atoms with Crippen molar-refractivity contribution in [3.05, 3.63) is 218 Å². The number of rotatable bonds is 4. The van der Waals surface area contributed by atoms with Gasteiger partial charge in [-0.2, -0.15) is 0 Å². The number of nitrogens with zero attached hydrogens (tertiary/aromatic N) is 4. The van der Waals surface area contributed by atoms with E-state index in [9.17, 15) is 0 Å². The van der Waals surface area contributed by atoms with E-state index < -0.39 is 15.3 Å². The van der Waals surface area contributed by atoms with E-state index in [1.54, 1.807) is 24.7 Å². The van der Waals surface area contributed by atoms with E-state index in [-0.39, 0.29) is 9.79 Å². The van der Waals surface area contributed by atoms with Crippen molar-refractivity contribution in [2.24, 2.45) is 0 Å². The van der Waals surface area contributed by atoms with Crippen molar-refractivity contribution in [3.8, 4) is 101 Å². The average Bonchev–Trinajstić information content (AvgIpc) is 3.60. The SMILES string of the molecule is CC1(C)c2ccccc2-c2cc3c(cc21)S(=O)(=O)c1ccccc1-c1ccccc1-c1ccccc1-c1ccc(-c2cc(-c4ccccc4)nc(-c4ccc(-c5cccnc5)nc4)n2)cc1-3. The van der Waals surface area contributed by atoms with Crippen molar-refractivity contribution in [1.82, 2.24) is 19.9 Å². The van der Waals surface area contributed by atoms with Crippen LogP contribution in [0.25, 0.3) is 101 Å². The third kappa shape index (κ3) is 6.34. The first-order valence-corrected chi connectivity index (χ1v) is 23.5. The fraction of sp³-hybridized carbons (Fsp3) is 0.0508. The Morgan fingerprint density at radius 1 is 0.379 bits per heavy atom. The Balaban J connectivity index is 1.16. The molecule has 1 aliphatic carbocycles. The predicted molar refractivity (Wildman–Crippen MR) is 264 cm³/mol. The normalized spacial score (nSPS) is 13.7. The standard InChI is InChI=1S/C59H40N4O2S/c1-59(2)51-24-12-10-22-46(51)49-32-50-48-31-38(55-34-54(37-15-4-3-5-16-37)62-58(63-55)40-27-29-53(61-36-40)39-17-14-30-60-35-39)26-28-45(48)43-20-7-6-18-41(43)42-19-8-9-21-44(42)47-23-11-13-25-56(47)66(64,65)57(50)33-52(49)59/h3-36H,1-2H3. The van der Waals surface area contributed by atoms with Gasteiger partial charge in [-0.3, -0.25) is 9.97 Å².